The Morgan fingerprint density at radius 1 is 0.527 bits per heavy atom. The Morgan fingerprint density at radius 3 is 1.46 bits per heavy atom. The molecular formula is C51H39ClF8N10O4. The number of carbonyl (C=O) groups is 2. The molecule has 2 aliphatic rings. The summed E-state index contributed by atoms with van der Waals surface area (Å²) in [5.41, 5.74) is 0.135. The highest BCUT2D eigenvalue weighted by molar-refractivity contribution is 6.31. The fourth-order valence-electron chi connectivity index (χ4n) is 7.91. The molecule has 0 atom stereocenters. The molecule has 23 heteroatoms. The maximum Gasteiger partial charge on any atom is 0.417 e. The van der Waals surface area contributed by atoms with Crippen LogP contribution in [0.3, 0.4) is 0 Å². The molecule has 6 aromatic carbocycles. The van der Waals surface area contributed by atoms with Gasteiger partial charge in [0.25, 0.3) is 0 Å². The van der Waals surface area contributed by atoms with E-state index in [1.807, 2.05) is 0 Å². The number of aromatic nitrogens is 4. The number of carbonyl (C=O) groups excluding carboxylic acids is 2. The molecule has 10 rings (SSSR count). The van der Waals surface area contributed by atoms with Gasteiger partial charge in [-0.1, -0.05) is 17.7 Å². The molecule has 2 saturated heterocycles. The molecule has 2 aliphatic heterocycles. The van der Waals surface area contributed by atoms with Gasteiger partial charge in [0.05, 0.1) is 56.4 Å². The predicted octanol–water partition coefficient (Wildman–Crippen LogP) is 13.7. The molecule has 2 aromatic heterocycles. The predicted molar refractivity (Wildman–Crippen MR) is 263 cm³/mol. The van der Waals surface area contributed by atoms with Crippen molar-refractivity contribution in [2.24, 2.45) is 0 Å². The number of ether oxygens (including phenoxy) is 2. The van der Waals surface area contributed by atoms with Crippen LogP contribution < -0.4 is 40.5 Å². The number of hydrogen-bond acceptors (Lipinski definition) is 10. The molecule has 0 bridgehead atoms. The van der Waals surface area contributed by atoms with Gasteiger partial charge in [0, 0.05) is 49.7 Å². The average molecular weight is 1040 g/mol. The Bertz CT molecular complexity index is 3420. The molecule has 4 heterocycles. The van der Waals surface area contributed by atoms with Crippen molar-refractivity contribution >= 4 is 80.1 Å². The second-order valence-electron chi connectivity index (χ2n) is 16.7. The second-order valence-corrected chi connectivity index (χ2v) is 17.1. The highest BCUT2D eigenvalue weighted by atomic mass is 35.5. The standard InChI is InChI=1S/C26H19ClF5N5O2.C25H20F3N5O2/c27-17-5-3-14(11-16(17)26(30,31)32)34-25(38)36-19-7-8-21(24(29)23(19)28)39-15-4-6-18-20(12-15)35-22(13-33-18)37-9-1-2-10-37;26-15-4-3-5-16(12-15)30-25(34)32-19-8-9-21(24(28)23(19)27)35-17-6-7-18-20(13-17)31-22(14-29-18)33-10-1-2-11-33/h3-8,11-13H,1-2,9-10H2,(H2,34,36,38);3-9,12-14H,1-2,10-11H2,(H2,30,32,34). The van der Waals surface area contributed by atoms with Crippen LogP contribution in [0.15, 0.2) is 116 Å². The van der Waals surface area contributed by atoms with Crippen LogP contribution in [0.2, 0.25) is 5.02 Å². The first-order valence-corrected chi connectivity index (χ1v) is 23.1. The normalized spacial score (nSPS) is 13.4. The zero-order valence-corrected chi connectivity index (χ0v) is 39.1. The van der Waals surface area contributed by atoms with E-state index in [0.29, 0.717) is 28.1 Å². The third kappa shape index (κ3) is 11.9. The topological polar surface area (TPSA) is 159 Å². The molecule has 0 unspecified atom stereocenters. The van der Waals surface area contributed by atoms with Crippen LogP contribution in [0, 0.1) is 29.1 Å². The minimum Gasteiger partial charge on any atom is -0.454 e. The van der Waals surface area contributed by atoms with E-state index < -0.39 is 75.0 Å². The lowest BCUT2D eigenvalue weighted by Crippen LogP contribution is -2.21. The van der Waals surface area contributed by atoms with Gasteiger partial charge < -0.3 is 40.5 Å². The van der Waals surface area contributed by atoms with Crippen LogP contribution in [0.1, 0.15) is 31.2 Å². The van der Waals surface area contributed by atoms with Crippen molar-refractivity contribution in [3.8, 4) is 23.0 Å². The lowest BCUT2D eigenvalue weighted by molar-refractivity contribution is -0.137. The SMILES string of the molecule is O=C(Nc1ccc(Cl)c(C(F)(F)F)c1)Nc1ccc(Oc2ccc3ncc(N4CCCC4)nc3c2)c(F)c1F.O=C(Nc1cccc(F)c1)Nc1ccc(Oc2ccc3ncc(N4CCCC4)nc3c2)c(F)c1F. The third-order valence-electron chi connectivity index (χ3n) is 11.5. The van der Waals surface area contributed by atoms with E-state index >= 15 is 0 Å². The number of urea groups is 2. The van der Waals surface area contributed by atoms with E-state index in [4.69, 9.17) is 21.1 Å². The molecule has 0 saturated carbocycles. The Morgan fingerprint density at radius 2 is 1.00 bits per heavy atom. The molecule has 74 heavy (non-hydrogen) atoms. The number of fused-ring (bicyclic) bond motifs is 2. The number of hydrogen-bond donors (Lipinski definition) is 4. The number of rotatable bonds is 10. The van der Waals surface area contributed by atoms with Crippen molar-refractivity contribution in [2.45, 2.75) is 31.9 Å². The van der Waals surface area contributed by atoms with E-state index in [9.17, 15) is 44.7 Å². The second kappa shape index (κ2) is 21.7. The molecule has 0 radical (unpaired) electrons. The van der Waals surface area contributed by atoms with Crippen LogP contribution in [-0.4, -0.2) is 58.2 Å². The van der Waals surface area contributed by atoms with E-state index in [0.717, 1.165) is 93.8 Å². The maximum atomic E-state index is 14.8. The van der Waals surface area contributed by atoms with Crippen molar-refractivity contribution in [3.63, 3.8) is 0 Å². The number of anilines is 6. The quantitative estimate of drug-likeness (QED) is 0.0972. The van der Waals surface area contributed by atoms with E-state index in [-0.39, 0.29) is 28.6 Å². The van der Waals surface area contributed by atoms with Crippen molar-refractivity contribution in [1.29, 1.82) is 0 Å². The molecule has 4 N–H and O–H groups in total. The minimum absolute atomic E-state index is 0.163. The fourth-order valence-corrected chi connectivity index (χ4v) is 8.14. The Labute approximate surface area is 420 Å². The minimum atomic E-state index is -4.75. The van der Waals surface area contributed by atoms with Gasteiger partial charge in [0.2, 0.25) is 11.6 Å². The number of amides is 4. The summed E-state index contributed by atoms with van der Waals surface area (Å²) in [5, 5.41) is 8.19. The van der Waals surface area contributed by atoms with Crippen LogP contribution in [-0.2, 0) is 6.18 Å². The monoisotopic (exact) mass is 1040 g/mol. The van der Waals surface area contributed by atoms with Gasteiger partial charge in [-0.15, -0.1) is 0 Å². The van der Waals surface area contributed by atoms with Crippen molar-refractivity contribution in [3.05, 3.63) is 155 Å². The van der Waals surface area contributed by atoms with Crippen molar-refractivity contribution in [2.75, 3.05) is 57.2 Å². The third-order valence-corrected chi connectivity index (χ3v) is 11.8. The van der Waals surface area contributed by atoms with Gasteiger partial charge in [-0.3, -0.25) is 9.97 Å². The Hall–Kier alpha value is -8.53. The average Bonchev–Trinajstić information content (AvgIpc) is 4.13. The van der Waals surface area contributed by atoms with Crippen LogP contribution in [0.5, 0.6) is 23.0 Å². The number of halogens is 9. The molecule has 0 spiro atoms. The summed E-state index contributed by atoms with van der Waals surface area (Å²) in [7, 11) is 0. The van der Waals surface area contributed by atoms with Gasteiger partial charge in [0.15, 0.2) is 23.1 Å². The number of nitrogens with one attached hydrogen (secondary N) is 4. The van der Waals surface area contributed by atoms with Crippen LogP contribution in [0.4, 0.5) is 79.1 Å². The summed E-state index contributed by atoms with van der Waals surface area (Å²) in [6.07, 6.45) is 3.01. The highest BCUT2D eigenvalue weighted by Crippen LogP contribution is 2.37. The van der Waals surface area contributed by atoms with Crippen molar-refractivity contribution < 1.29 is 54.2 Å². The van der Waals surface area contributed by atoms with Gasteiger partial charge >= 0.3 is 18.2 Å². The lowest BCUT2D eigenvalue weighted by Gasteiger charge is -2.16. The largest absolute Gasteiger partial charge is 0.454 e. The number of benzene rings is 6. The highest BCUT2D eigenvalue weighted by Gasteiger charge is 2.33. The van der Waals surface area contributed by atoms with Crippen molar-refractivity contribution in [1.82, 2.24) is 19.9 Å². The van der Waals surface area contributed by atoms with Gasteiger partial charge in [-0.2, -0.15) is 22.0 Å². The zero-order valence-electron chi connectivity index (χ0n) is 38.3. The van der Waals surface area contributed by atoms with Gasteiger partial charge in [0.1, 0.15) is 29.0 Å². The van der Waals surface area contributed by atoms with E-state index in [1.165, 1.54) is 36.4 Å². The molecule has 0 aliphatic carbocycles. The summed E-state index contributed by atoms with van der Waals surface area (Å²) in [5.74, 6) is -4.80. The summed E-state index contributed by atoms with van der Waals surface area (Å²) < 4.78 is 122. The number of alkyl halides is 3. The van der Waals surface area contributed by atoms with Crippen LogP contribution >= 0.6 is 11.6 Å². The zero-order chi connectivity index (χ0) is 52.1. The Kier molecular flexibility index (Phi) is 14.8. The summed E-state index contributed by atoms with van der Waals surface area (Å²) in [4.78, 5) is 46.6. The first-order valence-electron chi connectivity index (χ1n) is 22.7. The molecule has 2 fully saturated rings. The molecule has 380 valence electrons. The number of nitrogens with zero attached hydrogens (tertiary/aromatic N) is 6. The molecule has 8 aromatic rings. The fraction of sp³-hybridized carbons (Fsp3) is 0.176. The van der Waals surface area contributed by atoms with E-state index in [2.05, 4.69) is 51.0 Å². The first kappa shape index (κ1) is 50.4. The van der Waals surface area contributed by atoms with Gasteiger partial charge in [-0.25, -0.2) is 32.7 Å². The molecule has 4 amide bonds. The van der Waals surface area contributed by atoms with Crippen LogP contribution in [0.25, 0.3) is 22.1 Å². The Balaban J connectivity index is 0.000000183. The first-order chi connectivity index (χ1) is 35.5. The van der Waals surface area contributed by atoms with E-state index in [1.54, 1.807) is 42.7 Å². The summed E-state index contributed by atoms with van der Waals surface area (Å²) in [6, 6.07) is 20.1. The summed E-state index contributed by atoms with van der Waals surface area (Å²) >= 11 is 5.56. The molecule has 14 nitrogen and oxygen atoms in total. The lowest BCUT2D eigenvalue weighted by atomic mass is 10.2. The smallest absolute Gasteiger partial charge is 0.417 e. The van der Waals surface area contributed by atoms with Gasteiger partial charge in [-0.05, 0) is 111 Å². The summed E-state index contributed by atoms with van der Waals surface area (Å²) in [6.45, 7) is 3.60. The molecular weight excluding hydrogens is 1000 g/mol. The maximum absolute atomic E-state index is 14.8.